The first-order chi connectivity index (χ1) is 6.50. The van der Waals surface area contributed by atoms with Gasteiger partial charge in [-0.05, 0) is 71.6 Å². The van der Waals surface area contributed by atoms with Gasteiger partial charge in [-0.1, -0.05) is 0 Å². The Balaban J connectivity index is 3.07. The highest BCUT2D eigenvalue weighted by Gasteiger charge is 2.02. The van der Waals surface area contributed by atoms with E-state index < -0.39 is 5.97 Å². The smallest absolute Gasteiger partial charge is 0.328 e. The van der Waals surface area contributed by atoms with Crippen LogP contribution in [0.3, 0.4) is 0 Å². The van der Waals surface area contributed by atoms with Crippen LogP contribution in [0, 0.1) is 0 Å². The largest absolute Gasteiger partial charge is 0.478 e. The van der Waals surface area contributed by atoms with E-state index in [2.05, 4.69) is 47.8 Å². The third-order valence-electron chi connectivity index (χ3n) is 1.42. The molecule has 0 aliphatic rings. The van der Waals surface area contributed by atoms with E-state index in [-0.39, 0.29) is 0 Å². The van der Waals surface area contributed by atoms with Gasteiger partial charge >= 0.3 is 5.97 Å². The lowest BCUT2D eigenvalue weighted by atomic mass is 10.2. The molecule has 0 aliphatic carbocycles. The molecule has 0 aliphatic heterocycles. The molecule has 2 nitrogen and oxygen atoms in total. The van der Waals surface area contributed by atoms with E-state index in [1.54, 1.807) is 0 Å². The number of carboxylic acids is 1. The topological polar surface area (TPSA) is 37.3 Å². The number of benzene rings is 1. The molecule has 0 heterocycles. The lowest BCUT2D eigenvalue weighted by Crippen LogP contribution is -1.86. The number of carboxylic acid groups (broad SMARTS) is 1. The maximum Gasteiger partial charge on any atom is 0.328 e. The van der Waals surface area contributed by atoms with Crippen molar-refractivity contribution in [2.75, 3.05) is 0 Å². The highest BCUT2D eigenvalue weighted by atomic mass is 79.9. The summed E-state index contributed by atoms with van der Waals surface area (Å²) in [5.74, 6) is -0.958. The summed E-state index contributed by atoms with van der Waals surface area (Å²) in [6.45, 7) is 0. The second-order valence-electron chi connectivity index (χ2n) is 2.47. The molecule has 1 aromatic rings. The fourth-order valence-corrected chi connectivity index (χ4v) is 2.29. The molecule has 0 amide bonds. The second kappa shape index (κ2) is 5.09. The standard InChI is InChI=1S/C9H5Br3O2/c10-6-3-5(1-2-8(13)14)4-7(11)9(6)12/h1-4H,(H,13,14)/b2-1+. The normalized spacial score (nSPS) is 10.8. The zero-order chi connectivity index (χ0) is 10.7. The molecule has 0 spiro atoms. The highest BCUT2D eigenvalue weighted by molar-refractivity contribution is 9.14. The molecule has 0 bridgehead atoms. The number of carbonyl (C=O) groups is 1. The van der Waals surface area contributed by atoms with Crippen LogP contribution in [0.15, 0.2) is 31.6 Å². The molecule has 0 aromatic heterocycles. The number of hydrogen-bond donors (Lipinski definition) is 1. The Morgan fingerprint density at radius 1 is 1.21 bits per heavy atom. The fourth-order valence-electron chi connectivity index (χ4n) is 0.839. The molecular formula is C9H5Br3O2. The fraction of sp³-hybridized carbons (Fsp3) is 0. The first-order valence-electron chi connectivity index (χ1n) is 3.56. The summed E-state index contributed by atoms with van der Waals surface area (Å²) in [6, 6.07) is 3.66. The number of halogens is 3. The predicted molar refractivity (Wildman–Crippen MR) is 66.2 cm³/mol. The average molecular weight is 385 g/mol. The summed E-state index contributed by atoms with van der Waals surface area (Å²) in [6.07, 6.45) is 2.63. The maximum atomic E-state index is 10.3. The van der Waals surface area contributed by atoms with Gasteiger partial charge in [0, 0.05) is 19.5 Å². The van der Waals surface area contributed by atoms with Crippen molar-refractivity contribution >= 4 is 59.8 Å². The van der Waals surface area contributed by atoms with Gasteiger partial charge in [0.25, 0.3) is 0 Å². The Bertz CT molecular complexity index is 376. The molecular weight excluding hydrogens is 380 g/mol. The van der Waals surface area contributed by atoms with Crippen molar-refractivity contribution < 1.29 is 9.90 Å². The lowest BCUT2D eigenvalue weighted by Gasteiger charge is -2.01. The highest BCUT2D eigenvalue weighted by Crippen LogP contribution is 2.32. The molecule has 0 radical (unpaired) electrons. The van der Waals surface area contributed by atoms with E-state index in [1.807, 2.05) is 12.1 Å². The molecule has 0 unspecified atom stereocenters. The van der Waals surface area contributed by atoms with E-state index in [0.29, 0.717) is 0 Å². The third kappa shape index (κ3) is 3.22. The summed E-state index contributed by atoms with van der Waals surface area (Å²) < 4.78 is 2.65. The van der Waals surface area contributed by atoms with Gasteiger partial charge in [0.05, 0.1) is 0 Å². The zero-order valence-corrected chi connectivity index (χ0v) is 11.6. The van der Waals surface area contributed by atoms with E-state index in [9.17, 15) is 4.79 Å². The molecule has 14 heavy (non-hydrogen) atoms. The Morgan fingerprint density at radius 3 is 2.14 bits per heavy atom. The predicted octanol–water partition coefficient (Wildman–Crippen LogP) is 4.07. The minimum absolute atomic E-state index is 0.814. The third-order valence-corrected chi connectivity index (χ3v) is 4.59. The minimum Gasteiger partial charge on any atom is -0.478 e. The van der Waals surface area contributed by atoms with Gasteiger partial charge in [-0.3, -0.25) is 0 Å². The van der Waals surface area contributed by atoms with Crippen molar-refractivity contribution in [2.24, 2.45) is 0 Å². The first kappa shape index (κ1) is 11.9. The van der Waals surface area contributed by atoms with Crippen LogP contribution in [-0.4, -0.2) is 11.1 Å². The van der Waals surface area contributed by atoms with E-state index in [1.165, 1.54) is 6.08 Å². The SMILES string of the molecule is O=C(O)/C=C/c1cc(Br)c(Br)c(Br)c1. The summed E-state index contributed by atoms with van der Waals surface area (Å²) in [4.78, 5) is 10.3. The van der Waals surface area contributed by atoms with Crippen molar-refractivity contribution in [3.63, 3.8) is 0 Å². The maximum absolute atomic E-state index is 10.3. The van der Waals surface area contributed by atoms with E-state index in [0.717, 1.165) is 25.1 Å². The molecule has 1 rings (SSSR count). The first-order valence-corrected chi connectivity index (χ1v) is 5.94. The van der Waals surface area contributed by atoms with Gasteiger partial charge in [0.1, 0.15) is 0 Å². The van der Waals surface area contributed by atoms with Gasteiger partial charge in [-0.2, -0.15) is 0 Å². The van der Waals surface area contributed by atoms with Crippen LogP contribution in [-0.2, 0) is 4.79 Å². The molecule has 0 saturated heterocycles. The second-order valence-corrected chi connectivity index (χ2v) is 4.97. The number of aliphatic carboxylic acids is 1. The van der Waals surface area contributed by atoms with E-state index >= 15 is 0 Å². The lowest BCUT2D eigenvalue weighted by molar-refractivity contribution is -0.131. The van der Waals surface area contributed by atoms with Crippen LogP contribution >= 0.6 is 47.8 Å². The van der Waals surface area contributed by atoms with Gasteiger partial charge in [0.2, 0.25) is 0 Å². The van der Waals surface area contributed by atoms with Gasteiger partial charge in [-0.25, -0.2) is 4.79 Å². The molecule has 0 saturated carbocycles. The monoisotopic (exact) mass is 382 g/mol. The van der Waals surface area contributed by atoms with Crippen molar-refractivity contribution in [3.05, 3.63) is 37.2 Å². The summed E-state index contributed by atoms with van der Waals surface area (Å²) in [7, 11) is 0. The quantitative estimate of drug-likeness (QED) is 0.616. The Morgan fingerprint density at radius 2 is 1.71 bits per heavy atom. The van der Waals surface area contributed by atoms with Crippen LogP contribution in [0.25, 0.3) is 6.08 Å². The Hall–Kier alpha value is -0.130. The van der Waals surface area contributed by atoms with Crippen molar-refractivity contribution in [3.8, 4) is 0 Å². The molecule has 0 fully saturated rings. The van der Waals surface area contributed by atoms with Crippen LogP contribution in [0.4, 0.5) is 0 Å². The summed E-state index contributed by atoms with van der Waals surface area (Å²) in [5, 5.41) is 8.45. The Kier molecular flexibility index (Phi) is 4.34. The summed E-state index contributed by atoms with van der Waals surface area (Å²) in [5.41, 5.74) is 0.814. The van der Waals surface area contributed by atoms with Crippen molar-refractivity contribution in [1.82, 2.24) is 0 Å². The number of rotatable bonds is 2. The summed E-state index contributed by atoms with van der Waals surface area (Å²) >= 11 is 10.1. The molecule has 74 valence electrons. The van der Waals surface area contributed by atoms with Crippen LogP contribution in [0.1, 0.15) is 5.56 Å². The van der Waals surface area contributed by atoms with Crippen LogP contribution in [0.2, 0.25) is 0 Å². The van der Waals surface area contributed by atoms with Crippen molar-refractivity contribution in [1.29, 1.82) is 0 Å². The Labute approximate surface area is 106 Å². The van der Waals surface area contributed by atoms with Crippen LogP contribution in [0.5, 0.6) is 0 Å². The zero-order valence-electron chi connectivity index (χ0n) is 6.80. The molecule has 1 N–H and O–H groups in total. The van der Waals surface area contributed by atoms with Gasteiger partial charge in [0.15, 0.2) is 0 Å². The molecule has 0 atom stereocenters. The average Bonchev–Trinajstić information content (AvgIpc) is 2.10. The molecule has 1 aromatic carbocycles. The van der Waals surface area contributed by atoms with Crippen LogP contribution < -0.4 is 0 Å². The van der Waals surface area contributed by atoms with Gasteiger partial charge in [-0.15, -0.1) is 0 Å². The molecule has 5 heteroatoms. The minimum atomic E-state index is -0.958. The van der Waals surface area contributed by atoms with Crippen molar-refractivity contribution in [2.45, 2.75) is 0 Å². The van der Waals surface area contributed by atoms with E-state index in [4.69, 9.17) is 5.11 Å². The van der Waals surface area contributed by atoms with Gasteiger partial charge < -0.3 is 5.11 Å². The number of hydrogen-bond acceptors (Lipinski definition) is 1.